The van der Waals surface area contributed by atoms with Crippen LogP contribution in [0.3, 0.4) is 0 Å². The highest BCUT2D eigenvalue weighted by atomic mass is 35.5. The number of nitrogens with one attached hydrogen (secondary N) is 1. The molecule has 0 aliphatic rings. The van der Waals surface area contributed by atoms with Gasteiger partial charge in [0.15, 0.2) is 23.0 Å². The Hall–Kier alpha value is -2.31. The molecule has 2 aromatic carbocycles. The fraction of sp³-hybridized carbons (Fsp3) is 0.400. The topological polar surface area (TPSA) is 58.2 Å². The predicted octanol–water partition coefficient (Wildman–Crippen LogP) is 3.48. The lowest BCUT2D eigenvalue weighted by molar-refractivity contribution is 0.323. The fourth-order valence-corrected chi connectivity index (χ4v) is 2.74. The molecular weight excluding hydrogens is 370 g/mol. The Morgan fingerprint density at radius 1 is 0.667 bits per heavy atom. The molecule has 6 nitrogen and oxygen atoms in total. The maximum absolute atomic E-state index is 5.38. The van der Waals surface area contributed by atoms with Crippen molar-refractivity contribution in [1.82, 2.24) is 5.32 Å². The van der Waals surface area contributed by atoms with Crippen LogP contribution in [0.4, 0.5) is 0 Å². The second-order valence-electron chi connectivity index (χ2n) is 5.65. The van der Waals surface area contributed by atoms with Gasteiger partial charge in [-0.3, -0.25) is 0 Å². The summed E-state index contributed by atoms with van der Waals surface area (Å²) < 4.78 is 26.7. The summed E-state index contributed by atoms with van der Waals surface area (Å²) in [4.78, 5) is 0. The Morgan fingerprint density at radius 2 is 1.22 bits per heavy atom. The van der Waals surface area contributed by atoms with Crippen LogP contribution in [0.25, 0.3) is 0 Å². The van der Waals surface area contributed by atoms with E-state index in [2.05, 4.69) is 5.32 Å². The third-order valence-corrected chi connectivity index (χ3v) is 4.09. The first kappa shape index (κ1) is 22.7. The molecule has 0 aromatic heterocycles. The molecule has 0 atom stereocenters. The molecule has 0 aliphatic carbocycles. The quantitative estimate of drug-likeness (QED) is 0.619. The summed E-state index contributed by atoms with van der Waals surface area (Å²) in [5.74, 6) is 3.40. The molecule has 1 N–H and O–H groups in total. The average Bonchev–Trinajstić information content (AvgIpc) is 2.69. The second kappa shape index (κ2) is 11.4. The van der Waals surface area contributed by atoms with E-state index in [1.165, 1.54) is 5.56 Å². The summed E-state index contributed by atoms with van der Waals surface area (Å²) in [7, 11) is 8.11. The third kappa shape index (κ3) is 5.84. The van der Waals surface area contributed by atoms with Gasteiger partial charge in [0.2, 0.25) is 5.75 Å². The highest BCUT2D eigenvalue weighted by Crippen LogP contribution is 2.38. The minimum atomic E-state index is 0. The molecule has 2 rings (SSSR count). The van der Waals surface area contributed by atoms with Crippen LogP contribution in [0.15, 0.2) is 30.3 Å². The first-order valence-corrected chi connectivity index (χ1v) is 8.37. The Kier molecular flexibility index (Phi) is 9.61. The van der Waals surface area contributed by atoms with Gasteiger partial charge in [-0.2, -0.15) is 0 Å². The molecule has 0 fully saturated rings. The van der Waals surface area contributed by atoms with Crippen LogP contribution >= 0.6 is 12.4 Å². The largest absolute Gasteiger partial charge is 0.493 e. The minimum absolute atomic E-state index is 0. The number of hydrogen-bond acceptors (Lipinski definition) is 6. The highest BCUT2D eigenvalue weighted by molar-refractivity contribution is 5.85. The summed E-state index contributed by atoms with van der Waals surface area (Å²) >= 11 is 0. The van der Waals surface area contributed by atoms with Gasteiger partial charge in [-0.15, -0.1) is 12.4 Å². The van der Waals surface area contributed by atoms with Crippen molar-refractivity contribution in [3.05, 3.63) is 41.5 Å². The van der Waals surface area contributed by atoms with Crippen LogP contribution in [0.1, 0.15) is 11.1 Å². The number of rotatable bonds is 10. The van der Waals surface area contributed by atoms with Crippen molar-refractivity contribution in [2.24, 2.45) is 0 Å². The van der Waals surface area contributed by atoms with Gasteiger partial charge < -0.3 is 29.0 Å². The van der Waals surface area contributed by atoms with Gasteiger partial charge in [0.25, 0.3) is 0 Å². The molecule has 0 aliphatic heterocycles. The number of benzene rings is 2. The molecule has 0 saturated carbocycles. The molecule has 2 aromatic rings. The predicted molar refractivity (Wildman–Crippen MR) is 108 cm³/mol. The Bertz CT molecular complexity index is 699. The molecule has 0 saturated heterocycles. The average molecular weight is 398 g/mol. The van der Waals surface area contributed by atoms with Crippen molar-refractivity contribution in [1.29, 1.82) is 0 Å². The van der Waals surface area contributed by atoms with E-state index in [1.807, 2.05) is 30.3 Å². The van der Waals surface area contributed by atoms with Crippen molar-refractivity contribution in [2.75, 3.05) is 42.1 Å². The van der Waals surface area contributed by atoms with Crippen molar-refractivity contribution in [3.63, 3.8) is 0 Å². The standard InChI is InChI=1S/C20H27NO5.ClH/c1-22-16-7-6-14(10-17(16)23-2)8-9-21-13-15-11-18(24-3)20(26-5)19(12-15)25-4;/h6-7,10-12,21H,8-9,13H2,1-5H3;1H. The Labute approximate surface area is 167 Å². The zero-order valence-corrected chi connectivity index (χ0v) is 17.3. The smallest absolute Gasteiger partial charge is 0.203 e. The van der Waals surface area contributed by atoms with E-state index in [1.54, 1.807) is 35.5 Å². The second-order valence-corrected chi connectivity index (χ2v) is 5.65. The van der Waals surface area contributed by atoms with Crippen LogP contribution in [0.2, 0.25) is 0 Å². The van der Waals surface area contributed by atoms with Crippen LogP contribution in [-0.4, -0.2) is 42.1 Å². The maximum Gasteiger partial charge on any atom is 0.203 e. The molecular formula is C20H28ClNO5. The molecule has 0 spiro atoms. The van der Waals surface area contributed by atoms with E-state index in [4.69, 9.17) is 23.7 Å². The highest BCUT2D eigenvalue weighted by Gasteiger charge is 2.13. The fourth-order valence-electron chi connectivity index (χ4n) is 2.74. The monoisotopic (exact) mass is 397 g/mol. The minimum Gasteiger partial charge on any atom is -0.493 e. The first-order chi connectivity index (χ1) is 12.7. The lowest BCUT2D eigenvalue weighted by Crippen LogP contribution is -2.17. The molecule has 0 amide bonds. The summed E-state index contributed by atoms with van der Waals surface area (Å²) in [5.41, 5.74) is 2.24. The summed E-state index contributed by atoms with van der Waals surface area (Å²) in [6, 6.07) is 9.87. The van der Waals surface area contributed by atoms with E-state index < -0.39 is 0 Å². The van der Waals surface area contributed by atoms with Gasteiger partial charge in [-0.05, 0) is 48.4 Å². The van der Waals surface area contributed by atoms with Gasteiger partial charge in [-0.25, -0.2) is 0 Å². The van der Waals surface area contributed by atoms with Crippen LogP contribution in [0.5, 0.6) is 28.7 Å². The van der Waals surface area contributed by atoms with Crippen molar-refractivity contribution in [2.45, 2.75) is 13.0 Å². The number of ether oxygens (including phenoxy) is 5. The molecule has 7 heteroatoms. The number of methoxy groups -OCH3 is 5. The number of hydrogen-bond donors (Lipinski definition) is 1. The normalized spacial score (nSPS) is 9.96. The molecule has 0 bridgehead atoms. The van der Waals surface area contributed by atoms with Crippen LogP contribution < -0.4 is 29.0 Å². The van der Waals surface area contributed by atoms with Crippen molar-refractivity contribution < 1.29 is 23.7 Å². The Morgan fingerprint density at radius 3 is 1.74 bits per heavy atom. The molecule has 0 heterocycles. The van der Waals surface area contributed by atoms with Crippen LogP contribution in [0, 0.1) is 0 Å². The van der Waals surface area contributed by atoms with E-state index in [0.717, 1.165) is 30.0 Å². The van der Waals surface area contributed by atoms with Crippen molar-refractivity contribution >= 4 is 12.4 Å². The third-order valence-electron chi connectivity index (χ3n) is 4.09. The number of halogens is 1. The lowest BCUT2D eigenvalue weighted by Gasteiger charge is -2.14. The first-order valence-electron chi connectivity index (χ1n) is 8.37. The maximum atomic E-state index is 5.38. The lowest BCUT2D eigenvalue weighted by atomic mass is 10.1. The van der Waals surface area contributed by atoms with Gasteiger partial charge in [0.05, 0.1) is 35.5 Å². The van der Waals surface area contributed by atoms with Gasteiger partial charge in [-0.1, -0.05) is 6.07 Å². The molecule has 0 unspecified atom stereocenters. The molecule has 0 radical (unpaired) electrons. The van der Waals surface area contributed by atoms with E-state index in [0.29, 0.717) is 23.8 Å². The summed E-state index contributed by atoms with van der Waals surface area (Å²) in [6.45, 7) is 1.52. The van der Waals surface area contributed by atoms with Gasteiger partial charge in [0, 0.05) is 6.54 Å². The van der Waals surface area contributed by atoms with E-state index in [9.17, 15) is 0 Å². The SMILES string of the molecule is COc1ccc(CCNCc2cc(OC)c(OC)c(OC)c2)cc1OC.Cl. The van der Waals surface area contributed by atoms with E-state index >= 15 is 0 Å². The molecule has 27 heavy (non-hydrogen) atoms. The van der Waals surface area contributed by atoms with Gasteiger partial charge in [0.1, 0.15) is 0 Å². The summed E-state index contributed by atoms with van der Waals surface area (Å²) in [6.07, 6.45) is 0.880. The van der Waals surface area contributed by atoms with Gasteiger partial charge >= 0.3 is 0 Å². The van der Waals surface area contributed by atoms with Crippen LogP contribution in [-0.2, 0) is 13.0 Å². The van der Waals surface area contributed by atoms with E-state index in [-0.39, 0.29) is 12.4 Å². The van der Waals surface area contributed by atoms with Crippen molar-refractivity contribution in [3.8, 4) is 28.7 Å². The Balaban J connectivity index is 0.00000364. The zero-order chi connectivity index (χ0) is 18.9. The summed E-state index contributed by atoms with van der Waals surface area (Å²) in [5, 5.41) is 3.43. The molecule has 150 valence electrons. The zero-order valence-electron chi connectivity index (χ0n) is 16.5.